The first kappa shape index (κ1) is 10.3. The molecule has 0 aliphatic carbocycles. The molecule has 1 aromatic rings. The van der Waals surface area contributed by atoms with Crippen LogP contribution in [0.15, 0.2) is 23.2 Å². The molecule has 0 atom stereocenters. The second-order valence-electron chi connectivity index (χ2n) is 3.55. The highest BCUT2D eigenvalue weighted by molar-refractivity contribution is 5.82. The summed E-state index contributed by atoms with van der Waals surface area (Å²) in [5.74, 6) is 0. The molecular formula is C12H15NO2. The number of ether oxygens (including phenoxy) is 2. The summed E-state index contributed by atoms with van der Waals surface area (Å²) in [6, 6.07) is 6.23. The molecular weight excluding hydrogens is 190 g/mol. The summed E-state index contributed by atoms with van der Waals surface area (Å²) in [5.41, 5.74) is 3.59. The average Bonchev–Trinajstić information content (AvgIpc) is 2.30. The highest BCUT2D eigenvalue weighted by Gasteiger charge is 2.12. The first-order chi connectivity index (χ1) is 7.35. The van der Waals surface area contributed by atoms with Crippen LogP contribution in [0.5, 0.6) is 0 Å². The maximum Gasteiger partial charge on any atom is 0.183 e. The van der Waals surface area contributed by atoms with Crippen molar-refractivity contribution in [1.29, 1.82) is 0 Å². The molecule has 3 heteroatoms. The fourth-order valence-electron chi connectivity index (χ4n) is 1.83. The number of benzene rings is 1. The zero-order chi connectivity index (χ0) is 10.7. The van der Waals surface area contributed by atoms with Crippen molar-refractivity contribution in [3.05, 3.63) is 34.9 Å². The van der Waals surface area contributed by atoms with Gasteiger partial charge in [0.2, 0.25) is 0 Å². The van der Waals surface area contributed by atoms with Gasteiger partial charge in [-0.25, -0.2) is 0 Å². The lowest BCUT2D eigenvalue weighted by atomic mass is 10.00. The average molecular weight is 205 g/mol. The Morgan fingerprint density at radius 3 is 2.80 bits per heavy atom. The third-order valence-corrected chi connectivity index (χ3v) is 2.61. The van der Waals surface area contributed by atoms with E-state index < -0.39 is 0 Å². The Morgan fingerprint density at radius 1 is 1.27 bits per heavy atom. The Labute approximate surface area is 89.7 Å². The second kappa shape index (κ2) is 4.55. The van der Waals surface area contributed by atoms with E-state index in [0.29, 0.717) is 0 Å². The fourth-order valence-corrected chi connectivity index (χ4v) is 1.83. The minimum atomic E-state index is -0.269. The smallest absolute Gasteiger partial charge is 0.183 e. The van der Waals surface area contributed by atoms with Gasteiger partial charge in [0, 0.05) is 32.5 Å². The molecule has 0 N–H and O–H groups in total. The van der Waals surface area contributed by atoms with Gasteiger partial charge in [0.25, 0.3) is 0 Å². The van der Waals surface area contributed by atoms with Gasteiger partial charge in [-0.3, -0.25) is 4.99 Å². The Bertz CT molecular complexity index is 370. The molecule has 15 heavy (non-hydrogen) atoms. The summed E-state index contributed by atoms with van der Waals surface area (Å²) >= 11 is 0. The summed E-state index contributed by atoms with van der Waals surface area (Å²) in [5, 5.41) is 0. The van der Waals surface area contributed by atoms with E-state index in [2.05, 4.69) is 17.1 Å². The summed E-state index contributed by atoms with van der Waals surface area (Å²) < 4.78 is 10.4. The quantitative estimate of drug-likeness (QED) is 0.706. The van der Waals surface area contributed by atoms with E-state index in [9.17, 15) is 0 Å². The number of hydrogen-bond donors (Lipinski definition) is 0. The van der Waals surface area contributed by atoms with Crippen molar-refractivity contribution in [2.24, 2.45) is 4.99 Å². The third-order valence-electron chi connectivity index (χ3n) is 2.61. The van der Waals surface area contributed by atoms with Crippen LogP contribution in [0.2, 0.25) is 0 Å². The van der Waals surface area contributed by atoms with Crippen LogP contribution in [0, 0.1) is 0 Å². The number of hydrogen-bond acceptors (Lipinski definition) is 3. The lowest BCUT2D eigenvalue weighted by molar-refractivity contribution is -0.106. The van der Waals surface area contributed by atoms with E-state index in [1.165, 1.54) is 11.1 Å². The predicted octanol–water partition coefficient (Wildman–Crippen LogP) is 1.95. The Morgan fingerprint density at radius 2 is 2.07 bits per heavy atom. The molecule has 0 bridgehead atoms. The first-order valence-electron chi connectivity index (χ1n) is 5.03. The number of methoxy groups -OCH3 is 2. The molecule has 0 amide bonds. The first-order valence-corrected chi connectivity index (χ1v) is 5.03. The van der Waals surface area contributed by atoms with E-state index in [0.717, 1.165) is 18.5 Å². The minimum Gasteiger partial charge on any atom is -0.352 e. The van der Waals surface area contributed by atoms with Crippen molar-refractivity contribution in [3.63, 3.8) is 0 Å². The van der Waals surface area contributed by atoms with Gasteiger partial charge in [0.1, 0.15) is 0 Å². The van der Waals surface area contributed by atoms with E-state index in [1.807, 2.05) is 12.3 Å². The summed E-state index contributed by atoms with van der Waals surface area (Å²) in [4.78, 5) is 4.25. The highest BCUT2D eigenvalue weighted by Crippen LogP contribution is 2.21. The van der Waals surface area contributed by atoms with Gasteiger partial charge in [-0.1, -0.05) is 18.2 Å². The summed E-state index contributed by atoms with van der Waals surface area (Å²) in [6.45, 7) is 0.876. The van der Waals surface area contributed by atoms with Gasteiger partial charge < -0.3 is 9.47 Å². The largest absolute Gasteiger partial charge is 0.352 e. The predicted molar refractivity (Wildman–Crippen MR) is 59.4 cm³/mol. The van der Waals surface area contributed by atoms with Gasteiger partial charge in [-0.2, -0.15) is 0 Å². The molecule has 0 saturated carbocycles. The van der Waals surface area contributed by atoms with Crippen molar-refractivity contribution in [2.45, 2.75) is 12.7 Å². The molecule has 1 aromatic carbocycles. The van der Waals surface area contributed by atoms with Gasteiger partial charge in [0.05, 0.1) is 0 Å². The normalized spacial score (nSPS) is 14.3. The highest BCUT2D eigenvalue weighted by atomic mass is 16.7. The molecule has 0 aromatic heterocycles. The summed E-state index contributed by atoms with van der Waals surface area (Å²) in [7, 11) is 3.30. The maximum atomic E-state index is 5.22. The molecule has 0 unspecified atom stereocenters. The van der Waals surface area contributed by atoms with Crippen LogP contribution >= 0.6 is 0 Å². The molecule has 80 valence electrons. The third kappa shape index (κ3) is 2.08. The SMILES string of the molecule is COC(OC)c1ccc2c(c1)CCN=C2. The molecule has 0 radical (unpaired) electrons. The fraction of sp³-hybridized carbons (Fsp3) is 0.417. The van der Waals surface area contributed by atoms with E-state index in [4.69, 9.17) is 9.47 Å². The molecule has 1 aliphatic heterocycles. The number of rotatable bonds is 3. The van der Waals surface area contributed by atoms with Crippen LogP contribution in [0.4, 0.5) is 0 Å². The Kier molecular flexibility index (Phi) is 3.14. The number of fused-ring (bicyclic) bond motifs is 1. The van der Waals surface area contributed by atoms with Crippen molar-refractivity contribution >= 4 is 6.21 Å². The van der Waals surface area contributed by atoms with Crippen LogP contribution in [-0.2, 0) is 15.9 Å². The molecule has 1 heterocycles. The molecule has 1 aliphatic rings. The standard InChI is InChI=1S/C12H15NO2/c1-14-12(15-2)10-3-4-11-8-13-6-5-9(11)7-10/h3-4,7-8,12H,5-6H2,1-2H3. The van der Waals surface area contributed by atoms with Crippen LogP contribution < -0.4 is 0 Å². The van der Waals surface area contributed by atoms with Crippen molar-refractivity contribution in [2.75, 3.05) is 20.8 Å². The van der Waals surface area contributed by atoms with Gasteiger partial charge in [-0.15, -0.1) is 0 Å². The lowest BCUT2D eigenvalue weighted by Gasteiger charge is -2.17. The van der Waals surface area contributed by atoms with Gasteiger partial charge in [-0.05, 0) is 17.5 Å². The van der Waals surface area contributed by atoms with Gasteiger partial charge in [0.15, 0.2) is 6.29 Å². The number of aliphatic imine (C=N–C) groups is 1. The van der Waals surface area contributed by atoms with Crippen molar-refractivity contribution < 1.29 is 9.47 Å². The van der Waals surface area contributed by atoms with Crippen LogP contribution in [0.1, 0.15) is 23.0 Å². The van der Waals surface area contributed by atoms with Crippen LogP contribution in [0.3, 0.4) is 0 Å². The Hall–Kier alpha value is -1.19. The zero-order valence-electron chi connectivity index (χ0n) is 9.06. The maximum absolute atomic E-state index is 5.22. The molecule has 3 nitrogen and oxygen atoms in total. The van der Waals surface area contributed by atoms with E-state index in [1.54, 1.807) is 14.2 Å². The lowest BCUT2D eigenvalue weighted by Crippen LogP contribution is -2.08. The summed E-state index contributed by atoms with van der Waals surface area (Å²) in [6.07, 6.45) is 2.66. The van der Waals surface area contributed by atoms with E-state index >= 15 is 0 Å². The van der Waals surface area contributed by atoms with Crippen molar-refractivity contribution in [1.82, 2.24) is 0 Å². The second-order valence-corrected chi connectivity index (χ2v) is 3.55. The van der Waals surface area contributed by atoms with E-state index in [-0.39, 0.29) is 6.29 Å². The number of nitrogens with zero attached hydrogens (tertiary/aromatic N) is 1. The van der Waals surface area contributed by atoms with Crippen LogP contribution in [0.25, 0.3) is 0 Å². The molecule has 0 saturated heterocycles. The monoisotopic (exact) mass is 205 g/mol. The van der Waals surface area contributed by atoms with Crippen molar-refractivity contribution in [3.8, 4) is 0 Å². The molecule has 0 spiro atoms. The Balaban J connectivity index is 2.31. The van der Waals surface area contributed by atoms with Crippen LogP contribution in [-0.4, -0.2) is 27.0 Å². The molecule has 2 rings (SSSR count). The minimum absolute atomic E-state index is 0.269. The molecule has 0 fully saturated rings. The van der Waals surface area contributed by atoms with Gasteiger partial charge >= 0.3 is 0 Å². The topological polar surface area (TPSA) is 30.8 Å². The zero-order valence-corrected chi connectivity index (χ0v) is 9.06.